The van der Waals surface area contributed by atoms with Crippen molar-refractivity contribution in [3.05, 3.63) is 35.4 Å². The molecular weight excluding hydrogens is 246 g/mol. The average Bonchev–Trinajstić information content (AvgIpc) is 2.64. The van der Waals surface area contributed by atoms with E-state index in [1.54, 1.807) is 0 Å². The van der Waals surface area contributed by atoms with E-state index in [9.17, 15) is 8.78 Å². The SMILES string of the molecule is CC(c1c(F)cccc1F)N1CCC(N)C1.Cl. The highest BCUT2D eigenvalue weighted by atomic mass is 35.5. The normalized spacial score (nSPS) is 22.2. The first kappa shape index (κ1) is 14.4. The van der Waals surface area contributed by atoms with Crippen LogP contribution in [0.3, 0.4) is 0 Å². The van der Waals surface area contributed by atoms with Crippen molar-refractivity contribution in [2.45, 2.75) is 25.4 Å². The molecule has 2 unspecified atom stereocenters. The van der Waals surface area contributed by atoms with Gasteiger partial charge in [0.2, 0.25) is 0 Å². The van der Waals surface area contributed by atoms with Crippen LogP contribution in [0.2, 0.25) is 0 Å². The van der Waals surface area contributed by atoms with Gasteiger partial charge in [0.25, 0.3) is 0 Å². The van der Waals surface area contributed by atoms with Crippen molar-refractivity contribution in [3.63, 3.8) is 0 Å². The minimum atomic E-state index is -0.479. The Hall–Kier alpha value is -0.710. The molecule has 1 saturated heterocycles. The van der Waals surface area contributed by atoms with Gasteiger partial charge in [-0.1, -0.05) is 6.07 Å². The fourth-order valence-electron chi connectivity index (χ4n) is 2.26. The van der Waals surface area contributed by atoms with Crippen LogP contribution < -0.4 is 5.73 Å². The molecule has 96 valence electrons. The summed E-state index contributed by atoms with van der Waals surface area (Å²) in [5.41, 5.74) is 5.94. The first-order valence-corrected chi connectivity index (χ1v) is 5.53. The lowest BCUT2D eigenvalue weighted by Crippen LogP contribution is -2.29. The lowest BCUT2D eigenvalue weighted by molar-refractivity contribution is 0.248. The van der Waals surface area contributed by atoms with Crippen molar-refractivity contribution >= 4 is 12.4 Å². The van der Waals surface area contributed by atoms with E-state index < -0.39 is 11.6 Å². The first-order valence-electron chi connectivity index (χ1n) is 5.53. The first-order chi connectivity index (χ1) is 7.59. The Morgan fingerprint density at radius 3 is 2.41 bits per heavy atom. The van der Waals surface area contributed by atoms with Crippen LogP contribution in [0.5, 0.6) is 0 Å². The van der Waals surface area contributed by atoms with Crippen molar-refractivity contribution in [3.8, 4) is 0 Å². The molecule has 2 atom stereocenters. The average molecular weight is 263 g/mol. The van der Waals surface area contributed by atoms with E-state index in [4.69, 9.17) is 5.73 Å². The molecule has 17 heavy (non-hydrogen) atoms. The second kappa shape index (κ2) is 5.76. The fourth-order valence-corrected chi connectivity index (χ4v) is 2.26. The van der Waals surface area contributed by atoms with Crippen LogP contribution >= 0.6 is 12.4 Å². The van der Waals surface area contributed by atoms with E-state index in [-0.39, 0.29) is 30.1 Å². The van der Waals surface area contributed by atoms with E-state index in [0.717, 1.165) is 13.0 Å². The van der Waals surface area contributed by atoms with E-state index in [1.807, 2.05) is 11.8 Å². The summed E-state index contributed by atoms with van der Waals surface area (Å²) >= 11 is 0. The van der Waals surface area contributed by atoms with Crippen molar-refractivity contribution in [2.75, 3.05) is 13.1 Å². The molecule has 1 aliphatic heterocycles. The number of hydrogen-bond acceptors (Lipinski definition) is 2. The highest BCUT2D eigenvalue weighted by Crippen LogP contribution is 2.28. The number of rotatable bonds is 2. The molecule has 2 rings (SSSR count). The minimum absolute atomic E-state index is 0. The summed E-state index contributed by atoms with van der Waals surface area (Å²) in [5.74, 6) is -0.957. The van der Waals surface area contributed by atoms with Gasteiger partial charge >= 0.3 is 0 Å². The van der Waals surface area contributed by atoms with Crippen LogP contribution in [0.1, 0.15) is 24.9 Å². The summed E-state index contributed by atoms with van der Waals surface area (Å²) in [7, 11) is 0. The van der Waals surface area contributed by atoms with Gasteiger partial charge in [0, 0.05) is 30.7 Å². The molecule has 1 aromatic rings. The number of halogens is 3. The monoisotopic (exact) mass is 262 g/mol. The molecule has 0 bridgehead atoms. The van der Waals surface area contributed by atoms with Crippen LogP contribution in [-0.4, -0.2) is 24.0 Å². The molecule has 1 aliphatic rings. The molecule has 0 aliphatic carbocycles. The maximum Gasteiger partial charge on any atom is 0.130 e. The summed E-state index contributed by atoms with van der Waals surface area (Å²) in [6.07, 6.45) is 0.889. The van der Waals surface area contributed by atoms with Crippen LogP contribution in [-0.2, 0) is 0 Å². The third kappa shape index (κ3) is 2.94. The van der Waals surface area contributed by atoms with Crippen molar-refractivity contribution in [1.29, 1.82) is 0 Å². The highest BCUT2D eigenvalue weighted by molar-refractivity contribution is 5.85. The van der Waals surface area contributed by atoms with Gasteiger partial charge in [0.1, 0.15) is 11.6 Å². The maximum atomic E-state index is 13.6. The van der Waals surface area contributed by atoms with Crippen molar-refractivity contribution in [2.24, 2.45) is 5.73 Å². The lowest BCUT2D eigenvalue weighted by atomic mass is 10.1. The van der Waals surface area contributed by atoms with E-state index in [0.29, 0.717) is 6.54 Å². The Balaban J connectivity index is 0.00000144. The quantitative estimate of drug-likeness (QED) is 0.887. The fraction of sp³-hybridized carbons (Fsp3) is 0.500. The van der Waals surface area contributed by atoms with Crippen LogP contribution in [0, 0.1) is 11.6 Å². The van der Waals surface area contributed by atoms with Gasteiger partial charge in [0.05, 0.1) is 0 Å². The maximum absolute atomic E-state index is 13.6. The number of nitrogens with two attached hydrogens (primary N) is 1. The van der Waals surface area contributed by atoms with Gasteiger partial charge in [-0.2, -0.15) is 0 Å². The van der Waals surface area contributed by atoms with Gasteiger partial charge in [-0.3, -0.25) is 4.90 Å². The molecule has 0 aromatic heterocycles. The molecule has 2 N–H and O–H groups in total. The number of hydrogen-bond donors (Lipinski definition) is 1. The predicted octanol–water partition coefficient (Wildman–Crippen LogP) is 2.48. The van der Waals surface area contributed by atoms with E-state index in [1.165, 1.54) is 18.2 Å². The molecule has 1 fully saturated rings. The molecular formula is C12H17ClF2N2. The largest absolute Gasteiger partial charge is 0.326 e. The van der Waals surface area contributed by atoms with Crippen LogP contribution in [0.4, 0.5) is 8.78 Å². The second-order valence-corrected chi connectivity index (χ2v) is 4.35. The Labute approximate surface area is 106 Å². The summed E-state index contributed by atoms with van der Waals surface area (Å²) in [4.78, 5) is 2.02. The van der Waals surface area contributed by atoms with Crippen molar-refractivity contribution < 1.29 is 8.78 Å². The zero-order chi connectivity index (χ0) is 11.7. The van der Waals surface area contributed by atoms with Gasteiger partial charge in [0.15, 0.2) is 0 Å². The molecule has 0 amide bonds. The lowest BCUT2D eigenvalue weighted by Gasteiger charge is -2.25. The summed E-state index contributed by atoms with van der Waals surface area (Å²) in [5, 5.41) is 0. The molecule has 2 nitrogen and oxygen atoms in total. The standard InChI is InChI=1S/C12H16F2N2.ClH/c1-8(16-6-5-9(15)7-16)12-10(13)3-2-4-11(12)14;/h2-4,8-9H,5-7,15H2,1H3;1H. The second-order valence-electron chi connectivity index (χ2n) is 4.35. The number of benzene rings is 1. The molecule has 0 radical (unpaired) electrons. The highest BCUT2D eigenvalue weighted by Gasteiger charge is 2.27. The predicted molar refractivity (Wildman–Crippen MR) is 66.2 cm³/mol. The van der Waals surface area contributed by atoms with E-state index in [2.05, 4.69) is 0 Å². The molecule has 1 heterocycles. The number of nitrogens with zero attached hydrogens (tertiary/aromatic N) is 1. The molecule has 1 aromatic carbocycles. The summed E-state index contributed by atoms with van der Waals surface area (Å²) < 4.78 is 27.1. The Morgan fingerprint density at radius 1 is 1.35 bits per heavy atom. The van der Waals surface area contributed by atoms with Gasteiger partial charge in [-0.15, -0.1) is 12.4 Å². The van der Waals surface area contributed by atoms with Gasteiger partial charge < -0.3 is 5.73 Å². The number of likely N-dealkylation sites (tertiary alicyclic amines) is 1. The Bertz CT molecular complexity index is 367. The minimum Gasteiger partial charge on any atom is -0.326 e. The molecule has 5 heteroatoms. The zero-order valence-corrected chi connectivity index (χ0v) is 10.5. The van der Waals surface area contributed by atoms with Gasteiger partial charge in [-0.05, 0) is 25.5 Å². The third-order valence-corrected chi connectivity index (χ3v) is 3.22. The molecule has 0 spiro atoms. The zero-order valence-electron chi connectivity index (χ0n) is 9.70. The summed E-state index contributed by atoms with van der Waals surface area (Å²) in [6.45, 7) is 3.32. The van der Waals surface area contributed by atoms with E-state index >= 15 is 0 Å². The van der Waals surface area contributed by atoms with Crippen LogP contribution in [0.25, 0.3) is 0 Å². The summed E-state index contributed by atoms with van der Waals surface area (Å²) in [6, 6.07) is 3.85. The smallest absolute Gasteiger partial charge is 0.130 e. The topological polar surface area (TPSA) is 29.3 Å². The van der Waals surface area contributed by atoms with Crippen LogP contribution in [0.15, 0.2) is 18.2 Å². The van der Waals surface area contributed by atoms with Gasteiger partial charge in [-0.25, -0.2) is 8.78 Å². The van der Waals surface area contributed by atoms with Crippen molar-refractivity contribution in [1.82, 2.24) is 4.90 Å². The third-order valence-electron chi connectivity index (χ3n) is 3.22. The Kier molecular flexibility index (Phi) is 4.86. The molecule has 0 saturated carbocycles. The Morgan fingerprint density at radius 2 is 1.94 bits per heavy atom.